The lowest BCUT2D eigenvalue weighted by molar-refractivity contribution is -0.134. The highest BCUT2D eigenvalue weighted by Gasteiger charge is 2.32. The molecule has 2 aromatic rings. The summed E-state index contributed by atoms with van der Waals surface area (Å²) in [6.07, 6.45) is 5.13. The van der Waals surface area contributed by atoms with Gasteiger partial charge in [0.1, 0.15) is 11.3 Å². The summed E-state index contributed by atoms with van der Waals surface area (Å²) in [4.78, 5) is 26.2. The molecule has 26 heavy (non-hydrogen) atoms. The zero-order chi connectivity index (χ0) is 18.1. The number of carbonyl (C=O) groups excluding carboxylic acids is 1. The first kappa shape index (κ1) is 16.6. The minimum absolute atomic E-state index is 0.0134. The average Bonchev–Trinajstić information content (AvgIpc) is 3.30. The normalized spacial score (nSPS) is 19.1. The van der Waals surface area contributed by atoms with Gasteiger partial charge < -0.3 is 14.7 Å². The van der Waals surface area contributed by atoms with Gasteiger partial charge in [-0.2, -0.15) is 5.10 Å². The van der Waals surface area contributed by atoms with Crippen LogP contribution in [-0.2, 0) is 17.6 Å². The Bertz CT molecular complexity index is 845. The van der Waals surface area contributed by atoms with Gasteiger partial charge >= 0.3 is 5.97 Å². The zero-order valence-electron chi connectivity index (χ0n) is 14.4. The quantitative estimate of drug-likeness (QED) is 0.878. The molecule has 0 spiro atoms. The lowest BCUT2D eigenvalue weighted by Gasteiger charge is -2.35. The van der Waals surface area contributed by atoms with Gasteiger partial charge in [-0.05, 0) is 36.5 Å². The number of carboxylic acid groups (broad SMARTS) is 1. The topological polar surface area (TPSA) is 95.5 Å². The van der Waals surface area contributed by atoms with Crippen LogP contribution in [0.4, 0.5) is 0 Å². The van der Waals surface area contributed by atoms with Gasteiger partial charge in [-0.25, -0.2) is 4.79 Å². The van der Waals surface area contributed by atoms with E-state index in [4.69, 9.17) is 4.74 Å². The van der Waals surface area contributed by atoms with Crippen LogP contribution >= 0.6 is 0 Å². The molecule has 0 radical (unpaired) electrons. The monoisotopic (exact) mass is 355 g/mol. The van der Waals surface area contributed by atoms with Crippen LogP contribution in [0.25, 0.3) is 0 Å². The number of hydrogen-bond donors (Lipinski definition) is 2. The highest BCUT2D eigenvalue weighted by Crippen LogP contribution is 2.32. The van der Waals surface area contributed by atoms with Crippen molar-refractivity contribution in [3.8, 4) is 5.75 Å². The molecule has 1 atom stereocenters. The molecule has 2 N–H and O–H groups in total. The van der Waals surface area contributed by atoms with Gasteiger partial charge in [0, 0.05) is 13.0 Å². The second kappa shape index (κ2) is 6.82. The SMILES string of the molecule is O=C(O)c1cn[nH]c1C1CCCCN1C(=O)Cc1ccc2c(c1)CCO2. The number of fused-ring (bicyclic) bond motifs is 1. The molecule has 1 fully saturated rings. The Labute approximate surface area is 151 Å². The lowest BCUT2D eigenvalue weighted by atomic mass is 9.96. The summed E-state index contributed by atoms with van der Waals surface area (Å²) in [5.74, 6) is -0.106. The Hall–Kier alpha value is -2.83. The van der Waals surface area contributed by atoms with E-state index < -0.39 is 5.97 Å². The van der Waals surface area contributed by atoms with Crippen molar-refractivity contribution in [1.82, 2.24) is 15.1 Å². The first-order chi connectivity index (χ1) is 12.6. The van der Waals surface area contributed by atoms with Crippen molar-refractivity contribution >= 4 is 11.9 Å². The van der Waals surface area contributed by atoms with Gasteiger partial charge in [-0.3, -0.25) is 9.89 Å². The molecule has 4 rings (SSSR count). The minimum atomic E-state index is -1.02. The molecule has 0 bridgehead atoms. The number of nitrogens with zero attached hydrogens (tertiary/aromatic N) is 2. The maximum Gasteiger partial charge on any atom is 0.339 e. The molecule has 136 valence electrons. The van der Waals surface area contributed by atoms with Gasteiger partial charge in [0.2, 0.25) is 5.91 Å². The lowest BCUT2D eigenvalue weighted by Crippen LogP contribution is -2.40. The van der Waals surface area contributed by atoms with Crippen LogP contribution in [0, 0.1) is 0 Å². The molecule has 0 saturated carbocycles. The number of hydrogen-bond acceptors (Lipinski definition) is 4. The van der Waals surface area contributed by atoms with Crippen molar-refractivity contribution in [2.75, 3.05) is 13.2 Å². The minimum Gasteiger partial charge on any atom is -0.493 e. The largest absolute Gasteiger partial charge is 0.493 e. The third-order valence-electron chi connectivity index (χ3n) is 5.16. The Morgan fingerprint density at radius 2 is 2.23 bits per heavy atom. The van der Waals surface area contributed by atoms with Gasteiger partial charge in [0.25, 0.3) is 0 Å². The first-order valence-corrected chi connectivity index (χ1v) is 8.94. The maximum absolute atomic E-state index is 13.0. The molecular weight excluding hydrogens is 334 g/mol. The van der Waals surface area contributed by atoms with Crippen LogP contribution in [0.15, 0.2) is 24.4 Å². The third kappa shape index (κ3) is 3.05. The number of aromatic carboxylic acids is 1. The number of aromatic nitrogens is 2. The van der Waals surface area contributed by atoms with Gasteiger partial charge in [0.15, 0.2) is 0 Å². The molecular formula is C19H21N3O4. The van der Waals surface area contributed by atoms with Gasteiger partial charge in [0.05, 0.1) is 31.0 Å². The van der Waals surface area contributed by atoms with Crippen molar-refractivity contribution in [2.24, 2.45) is 0 Å². The summed E-state index contributed by atoms with van der Waals surface area (Å²) in [5, 5.41) is 16.0. The Morgan fingerprint density at radius 3 is 3.08 bits per heavy atom. The van der Waals surface area contributed by atoms with Crippen molar-refractivity contribution in [3.63, 3.8) is 0 Å². The average molecular weight is 355 g/mol. The summed E-state index contributed by atoms with van der Waals surface area (Å²) < 4.78 is 5.51. The van der Waals surface area contributed by atoms with Gasteiger partial charge in [-0.1, -0.05) is 12.1 Å². The molecule has 1 amide bonds. The molecule has 1 aromatic carbocycles. The van der Waals surface area contributed by atoms with Crippen molar-refractivity contribution in [2.45, 2.75) is 38.1 Å². The highest BCUT2D eigenvalue weighted by molar-refractivity contribution is 5.89. The van der Waals surface area contributed by atoms with Crippen molar-refractivity contribution < 1.29 is 19.4 Å². The predicted octanol–water partition coefficient (Wildman–Crippen LogP) is 2.34. The number of benzene rings is 1. The summed E-state index contributed by atoms with van der Waals surface area (Å²) in [5.41, 5.74) is 2.77. The molecule has 0 aliphatic carbocycles. The van der Waals surface area contributed by atoms with Crippen molar-refractivity contribution in [3.05, 3.63) is 46.8 Å². The van der Waals surface area contributed by atoms with E-state index in [1.165, 1.54) is 6.20 Å². The zero-order valence-corrected chi connectivity index (χ0v) is 14.4. The second-order valence-electron chi connectivity index (χ2n) is 6.82. The number of ether oxygens (including phenoxy) is 1. The number of carboxylic acids is 1. The molecule has 2 aliphatic rings. The first-order valence-electron chi connectivity index (χ1n) is 8.94. The van der Waals surface area contributed by atoms with E-state index in [0.717, 1.165) is 42.6 Å². The highest BCUT2D eigenvalue weighted by atomic mass is 16.5. The summed E-state index contributed by atoms with van der Waals surface area (Å²) in [7, 11) is 0. The van der Waals surface area contributed by atoms with E-state index in [0.29, 0.717) is 25.3 Å². The molecule has 1 unspecified atom stereocenters. The van der Waals surface area contributed by atoms with E-state index in [2.05, 4.69) is 10.2 Å². The van der Waals surface area contributed by atoms with Crippen LogP contribution in [0.3, 0.4) is 0 Å². The van der Waals surface area contributed by atoms with Crippen LogP contribution in [0.2, 0.25) is 0 Å². The molecule has 1 saturated heterocycles. The fourth-order valence-corrected chi connectivity index (χ4v) is 3.88. The van der Waals surface area contributed by atoms with Crippen LogP contribution in [0.1, 0.15) is 52.5 Å². The number of piperidine rings is 1. The number of H-pyrrole nitrogens is 1. The third-order valence-corrected chi connectivity index (χ3v) is 5.16. The molecule has 2 aliphatic heterocycles. The number of rotatable bonds is 4. The van der Waals surface area contributed by atoms with E-state index in [-0.39, 0.29) is 17.5 Å². The Kier molecular flexibility index (Phi) is 4.36. The fraction of sp³-hybridized carbons (Fsp3) is 0.421. The number of nitrogens with one attached hydrogen (secondary N) is 1. The maximum atomic E-state index is 13.0. The number of carbonyl (C=O) groups is 2. The molecule has 3 heterocycles. The summed E-state index contributed by atoms with van der Waals surface area (Å²) >= 11 is 0. The molecule has 7 nitrogen and oxygen atoms in total. The van der Waals surface area contributed by atoms with Crippen LogP contribution < -0.4 is 4.74 Å². The standard InChI is InChI=1S/C19H21N3O4/c23-17(10-12-4-5-16-13(9-12)6-8-26-16)22-7-2-1-3-15(22)18-14(19(24)25)11-20-21-18/h4-5,9,11,15H,1-3,6-8,10H2,(H,20,21)(H,24,25). The van der Waals surface area contributed by atoms with Crippen LogP contribution in [-0.4, -0.2) is 45.2 Å². The number of amides is 1. The van der Waals surface area contributed by atoms with Gasteiger partial charge in [-0.15, -0.1) is 0 Å². The fourth-order valence-electron chi connectivity index (χ4n) is 3.88. The molecule has 1 aromatic heterocycles. The molecule has 7 heteroatoms. The second-order valence-corrected chi connectivity index (χ2v) is 6.82. The van der Waals surface area contributed by atoms with E-state index in [1.807, 2.05) is 18.2 Å². The summed E-state index contributed by atoms with van der Waals surface area (Å²) in [6, 6.07) is 5.64. The smallest absolute Gasteiger partial charge is 0.339 e. The number of aromatic amines is 1. The summed E-state index contributed by atoms with van der Waals surface area (Å²) in [6.45, 7) is 1.33. The van der Waals surface area contributed by atoms with Crippen molar-refractivity contribution in [1.29, 1.82) is 0 Å². The van der Waals surface area contributed by atoms with E-state index in [9.17, 15) is 14.7 Å². The van der Waals surface area contributed by atoms with Crippen LogP contribution in [0.5, 0.6) is 5.75 Å². The Morgan fingerprint density at radius 1 is 1.35 bits per heavy atom. The Balaban J connectivity index is 1.55. The van der Waals surface area contributed by atoms with E-state index in [1.54, 1.807) is 4.90 Å². The number of likely N-dealkylation sites (tertiary alicyclic amines) is 1. The predicted molar refractivity (Wildman–Crippen MR) is 93.2 cm³/mol. The van der Waals surface area contributed by atoms with E-state index >= 15 is 0 Å².